The van der Waals surface area contributed by atoms with Crippen LogP contribution in [0.5, 0.6) is 0 Å². The summed E-state index contributed by atoms with van der Waals surface area (Å²) in [7, 11) is 1.83. The Labute approximate surface area is 127 Å². The van der Waals surface area contributed by atoms with E-state index < -0.39 is 5.97 Å². The first-order valence-corrected chi connectivity index (χ1v) is 7.75. The minimum Gasteiger partial charge on any atom is -0.477 e. The van der Waals surface area contributed by atoms with Crippen LogP contribution < -0.4 is 4.90 Å². The van der Waals surface area contributed by atoms with Gasteiger partial charge in [0.15, 0.2) is 0 Å². The van der Waals surface area contributed by atoms with Crippen LogP contribution in [0.4, 0.5) is 5.82 Å². The van der Waals surface area contributed by atoms with Gasteiger partial charge in [-0.15, -0.1) is 0 Å². The van der Waals surface area contributed by atoms with E-state index in [4.69, 9.17) is 0 Å². The summed E-state index contributed by atoms with van der Waals surface area (Å²) in [5, 5.41) is 13.8. The van der Waals surface area contributed by atoms with E-state index in [0.717, 1.165) is 31.7 Å². The van der Waals surface area contributed by atoms with E-state index in [1.165, 1.54) is 0 Å². The molecule has 0 aliphatic rings. The number of carboxylic acids is 1. The van der Waals surface area contributed by atoms with Crippen molar-refractivity contribution in [2.45, 2.75) is 47.5 Å². The van der Waals surface area contributed by atoms with E-state index in [9.17, 15) is 9.90 Å². The zero-order valence-corrected chi connectivity index (χ0v) is 14.2. The normalized spacial score (nSPS) is 11.4. The van der Waals surface area contributed by atoms with Gasteiger partial charge < -0.3 is 10.0 Å². The molecule has 5 heteroatoms. The Kier molecular flexibility index (Phi) is 6.24. The van der Waals surface area contributed by atoms with Crippen molar-refractivity contribution in [2.75, 3.05) is 18.0 Å². The Balaban J connectivity index is 3.09. The van der Waals surface area contributed by atoms with Gasteiger partial charge >= 0.3 is 5.97 Å². The van der Waals surface area contributed by atoms with Crippen molar-refractivity contribution in [3.05, 3.63) is 11.3 Å². The average molecular weight is 295 g/mol. The van der Waals surface area contributed by atoms with Gasteiger partial charge in [0.25, 0.3) is 0 Å². The van der Waals surface area contributed by atoms with E-state index in [-0.39, 0.29) is 0 Å². The lowest BCUT2D eigenvalue weighted by atomic mass is 10.1. The van der Waals surface area contributed by atoms with Crippen molar-refractivity contribution in [1.29, 1.82) is 0 Å². The van der Waals surface area contributed by atoms with Crippen molar-refractivity contribution < 1.29 is 9.90 Å². The van der Waals surface area contributed by atoms with E-state index in [0.29, 0.717) is 23.1 Å². The van der Waals surface area contributed by atoms with Crippen molar-refractivity contribution in [3.8, 4) is 0 Å². The number of hydrogen-bond donors (Lipinski definition) is 1. The maximum Gasteiger partial charge on any atom is 0.341 e. The zero-order chi connectivity index (χ0) is 16.2. The van der Waals surface area contributed by atoms with Gasteiger partial charge in [0.1, 0.15) is 11.4 Å². The van der Waals surface area contributed by atoms with E-state index in [2.05, 4.69) is 37.7 Å². The highest BCUT2D eigenvalue weighted by atomic mass is 16.4. The SMILES string of the molecule is Cc1nn(C)c(N(CCC(C)C)CCC(C)C)c1C(=O)O. The molecule has 0 bridgehead atoms. The molecule has 1 N–H and O–H groups in total. The molecule has 1 aromatic rings. The Morgan fingerprint density at radius 1 is 1.19 bits per heavy atom. The van der Waals surface area contributed by atoms with Gasteiger partial charge in [-0.2, -0.15) is 5.10 Å². The smallest absolute Gasteiger partial charge is 0.341 e. The lowest BCUT2D eigenvalue weighted by molar-refractivity contribution is 0.0696. The van der Waals surface area contributed by atoms with Crippen LogP contribution in [-0.4, -0.2) is 33.9 Å². The molecule has 1 aromatic heterocycles. The van der Waals surface area contributed by atoms with Crippen LogP contribution in [0.3, 0.4) is 0 Å². The fraction of sp³-hybridized carbons (Fsp3) is 0.750. The van der Waals surface area contributed by atoms with Crippen molar-refractivity contribution in [2.24, 2.45) is 18.9 Å². The molecule has 0 fully saturated rings. The average Bonchev–Trinajstić information content (AvgIpc) is 2.64. The number of aromatic nitrogens is 2. The molecule has 0 aromatic carbocycles. The number of carboxylic acid groups (broad SMARTS) is 1. The second kappa shape index (κ2) is 7.48. The minimum absolute atomic E-state index is 0.338. The number of anilines is 1. The highest BCUT2D eigenvalue weighted by molar-refractivity contribution is 5.94. The van der Waals surface area contributed by atoms with Gasteiger partial charge in [0.05, 0.1) is 5.69 Å². The van der Waals surface area contributed by atoms with Crippen LogP contribution >= 0.6 is 0 Å². The molecule has 0 aliphatic heterocycles. The summed E-state index contributed by atoms with van der Waals surface area (Å²) in [6.07, 6.45) is 2.09. The summed E-state index contributed by atoms with van der Waals surface area (Å²) in [5.41, 5.74) is 0.920. The quantitative estimate of drug-likeness (QED) is 0.799. The van der Waals surface area contributed by atoms with Crippen molar-refractivity contribution in [3.63, 3.8) is 0 Å². The summed E-state index contributed by atoms with van der Waals surface area (Å²) in [4.78, 5) is 13.7. The van der Waals surface area contributed by atoms with Crippen LogP contribution in [0.1, 0.15) is 56.6 Å². The number of aromatic carboxylic acids is 1. The van der Waals surface area contributed by atoms with Gasteiger partial charge in [-0.3, -0.25) is 4.68 Å². The fourth-order valence-electron chi connectivity index (χ4n) is 2.41. The van der Waals surface area contributed by atoms with Crippen LogP contribution in [0, 0.1) is 18.8 Å². The molecule has 5 nitrogen and oxygen atoms in total. The van der Waals surface area contributed by atoms with Gasteiger partial charge in [-0.1, -0.05) is 27.7 Å². The molecule has 0 radical (unpaired) electrons. The molecular formula is C16H29N3O2. The lowest BCUT2D eigenvalue weighted by Gasteiger charge is -2.27. The monoisotopic (exact) mass is 295 g/mol. The summed E-state index contributed by atoms with van der Waals surface area (Å²) in [5.74, 6) is 1.03. The van der Waals surface area contributed by atoms with E-state index in [1.54, 1.807) is 11.6 Å². The highest BCUT2D eigenvalue weighted by Gasteiger charge is 2.24. The Hall–Kier alpha value is -1.52. The molecule has 0 unspecified atom stereocenters. The summed E-state index contributed by atoms with van der Waals surface area (Å²) in [6.45, 7) is 12.2. The van der Waals surface area contributed by atoms with Crippen LogP contribution in [0.2, 0.25) is 0 Å². The Morgan fingerprint density at radius 2 is 1.67 bits per heavy atom. The molecule has 0 spiro atoms. The van der Waals surface area contributed by atoms with Crippen molar-refractivity contribution >= 4 is 11.8 Å². The van der Waals surface area contributed by atoms with E-state index in [1.807, 2.05) is 7.05 Å². The lowest BCUT2D eigenvalue weighted by Crippen LogP contribution is -2.30. The number of hydrogen-bond acceptors (Lipinski definition) is 3. The highest BCUT2D eigenvalue weighted by Crippen LogP contribution is 2.25. The second-order valence-corrected chi connectivity index (χ2v) is 6.56. The Bertz CT molecular complexity index is 466. The third-order valence-electron chi connectivity index (χ3n) is 3.66. The molecule has 0 amide bonds. The topological polar surface area (TPSA) is 58.4 Å². The summed E-state index contributed by atoms with van der Waals surface area (Å²) < 4.78 is 1.71. The van der Waals surface area contributed by atoms with Crippen LogP contribution in [-0.2, 0) is 7.05 Å². The van der Waals surface area contributed by atoms with Crippen LogP contribution in [0.15, 0.2) is 0 Å². The number of carbonyl (C=O) groups is 1. The maximum absolute atomic E-state index is 11.6. The van der Waals surface area contributed by atoms with Crippen LogP contribution in [0.25, 0.3) is 0 Å². The van der Waals surface area contributed by atoms with Gasteiger partial charge in [0.2, 0.25) is 0 Å². The predicted molar refractivity (Wildman–Crippen MR) is 86.0 cm³/mol. The largest absolute Gasteiger partial charge is 0.477 e. The molecular weight excluding hydrogens is 266 g/mol. The molecule has 0 atom stereocenters. The number of rotatable bonds is 8. The van der Waals surface area contributed by atoms with Crippen molar-refractivity contribution in [1.82, 2.24) is 9.78 Å². The standard InChI is InChI=1S/C16H29N3O2/c1-11(2)7-9-19(10-8-12(3)4)15-14(16(20)21)13(5)17-18(15)6/h11-12H,7-10H2,1-6H3,(H,20,21). The molecule has 0 aliphatic carbocycles. The first-order chi connectivity index (χ1) is 9.73. The molecule has 120 valence electrons. The molecule has 0 saturated carbocycles. The fourth-order valence-corrected chi connectivity index (χ4v) is 2.41. The molecule has 1 heterocycles. The Morgan fingerprint density at radius 3 is 2.05 bits per heavy atom. The molecule has 21 heavy (non-hydrogen) atoms. The van der Waals surface area contributed by atoms with Gasteiger partial charge in [-0.05, 0) is 31.6 Å². The summed E-state index contributed by atoms with van der Waals surface area (Å²) in [6, 6.07) is 0. The number of aryl methyl sites for hydroxylation is 2. The third-order valence-corrected chi connectivity index (χ3v) is 3.66. The first kappa shape index (κ1) is 17.5. The second-order valence-electron chi connectivity index (χ2n) is 6.56. The first-order valence-electron chi connectivity index (χ1n) is 7.75. The minimum atomic E-state index is -0.894. The third kappa shape index (κ3) is 4.76. The zero-order valence-electron chi connectivity index (χ0n) is 14.2. The predicted octanol–water partition coefficient (Wildman–Crippen LogP) is 3.33. The van der Waals surface area contributed by atoms with Gasteiger partial charge in [-0.25, -0.2) is 4.79 Å². The number of nitrogens with zero attached hydrogens (tertiary/aromatic N) is 3. The van der Waals surface area contributed by atoms with Gasteiger partial charge in [0, 0.05) is 20.1 Å². The maximum atomic E-state index is 11.6. The molecule has 1 rings (SSSR count). The summed E-state index contributed by atoms with van der Waals surface area (Å²) >= 11 is 0. The van der Waals surface area contributed by atoms with E-state index >= 15 is 0 Å². The molecule has 0 saturated heterocycles.